The lowest BCUT2D eigenvalue weighted by atomic mass is 10.2. The predicted molar refractivity (Wildman–Crippen MR) is 124 cm³/mol. The molecule has 34 heavy (non-hydrogen) atoms. The van der Waals surface area contributed by atoms with Crippen molar-refractivity contribution in [3.63, 3.8) is 0 Å². The van der Waals surface area contributed by atoms with Crippen LogP contribution in [0.5, 0.6) is 11.8 Å². The van der Waals surface area contributed by atoms with Crippen LogP contribution < -0.4 is 20.7 Å². The average molecular weight is 464 g/mol. The number of fused-ring (bicyclic) bond motifs is 1. The lowest BCUT2D eigenvalue weighted by Crippen LogP contribution is -2.30. The molecule has 0 saturated heterocycles. The Bertz CT molecular complexity index is 1420. The van der Waals surface area contributed by atoms with E-state index < -0.39 is 23.3 Å². The number of aryl methyl sites for hydroxylation is 2. The highest BCUT2D eigenvalue weighted by Gasteiger charge is 2.23. The molecular weight excluding hydrogens is 440 g/mol. The van der Waals surface area contributed by atoms with Gasteiger partial charge in [0, 0.05) is 7.05 Å². The van der Waals surface area contributed by atoms with E-state index in [4.69, 9.17) is 9.47 Å². The van der Waals surface area contributed by atoms with Crippen molar-refractivity contribution in [2.45, 2.75) is 26.0 Å². The SMILES string of the molecule is CCc1ccc(OC[C@H](O)Cn2c(OC(=O)c3ccccc3)nc3c2c(=O)[nH]c(=O)n3C)cc1. The number of nitrogens with zero attached hydrogens (tertiary/aromatic N) is 3. The number of hydrogen-bond acceptors (Lipinski definition) is 7. The van der Waals surface area contributed by atoms with E-state index in [1.807, 2.05) is 24.3 Å². The molecule has 2 heterocycles. The van der Waals surface area contributed by atoms with Gasteiger partial charge in [0.1, 0.15) is 18.5 Å². The summed E-state index contributed by atoms with van der Waals surface area (Å²) in [7, 11) is 1.43. The number of carbonyl (C=O) groups is 1. The second-order valence-corrected chi connectivity index (χ2v) is 7.71. The van der Waals surface area contributed by atoms with Crippen molar-refractivity contribution in [2.24, 2.45) is 7.05 Å². The van der Waals surface area contributed by atoms with Gasteiger partial charge in [0.2, 0.25) is 0 Å². The zero-order valence-corrected chi connectivity index (χ0v) is 18.7. The molecule has 0 amide bonds. The third-order valence-corrected chi connectivity index (χ3v) is 5.33. The predicted octanol–water partition coefficient (Wildman–Crippen LogP) is 1.64. The third kappa shape index (κ3) is 4.76. The first-order valence-electron chi connectivity index (χ1n) is 10.7. The Balaban J connectivity index is 1.63. The molecule has 4 aromatic rings. The number of nitrogens with one attached hydrogen (secondary N) is 1. The number of hydrogen-bond donors (Lipinski definition) is 2. The van der Waals surface area contributed by atoms with Gasteiger partial charge in [0.15, 0.2) is 11.2 Å². The molecule has 1 atom stereocenters. The lowest BCUT2D eigenvalue weighted by Gasteiger charge is -2.15. The van der Waals surface area contributed by atoms with E-state index in [2.05, 4.69) is 16.9 Å². The standard InChI is InChI=1S/C24H24N4O6/c1-3-15-9-11-18(12-10-15)33-14-17(29)13-28-19-20(27(2)23(32)26-21(19)30)25-24(28)34-22(31)16-7-5-4-6-8-16/h4-12,17,29H,3,13-14H2,1-2H3,(H,26,30,32)/t17-/m1/s1. The normalized spacial score (nSPS) is 12.0. The van der Waals surface area contributed by atoms with E-state index in [0.29, 0.717) is 5.75 Å². The summed E-state index contributed by atoms with van der Waals surface area (Å²) in [6, 6.07) is 15.5. The third-order valence-electron chi connectivity index (χ3n) is 5.33. The number of carbonyl (C=O) groups excluding carboxylic acids is 1. The van der Waals surface area contributed by atoms with Gasteiger partial charge < -0.3 is 14.6 Å². The molecule has 0 spiro atoms. The number of aliphatic hydroxyl groups excluding tert-OH is 1. The first-order chi connectivity index (χ1) is 16.4. The van der Waals surface area contributed by atoms with Crippen LogP contribution in [-0.4, -0.2) is 42.9 Å². The highest BCUT2D eigenvalue weighted by atomic mass is 16.6. The number of aliphatic hydroxyl groups is 1. The van der Waals surface area contributed by atoms with Gasteiger partial charge in [-0.2, -0.15) is 4.98 Å². The van der Waals surface area contributed by atoms with Crippen LogP contribution >= 0.6 is 0 Å². The van der Waals surface area contributed by atoms with Crippen molar-refractivity contribution in [3.8, 4) is 11.8 Å². The molecule has 176 valence electrons. The van der Waals surface area contributed by atoms with Crippen LogP contribution in [0.1, 0.15) is 22.8 Å². The minimum atomic E-state index is -1.07. The maximum absolute atomic E-state index is 12.6. The molecule has 0 radical (unpaired) electrons. The fourth-order valence-corrected chi connectivity index (χ4v) is 3.46. The summed E-state index contributed by atoms with van der Waals surface area (Å²) >= 11 is 0. The minimum Gasteiger partial charge on any atom is -0.491 e. The van der Waals surface area contributed by atoms with Crippen LogP contribution in [0.4, 0.5) is 0 Å². The van der Waals surface area contributed by atoms with Crippen molar-refractivity contribution in [2.75, 3.05) is 6.61 Å². The molecule has 0 unspecified atom stereocenters. The summed E-state index contributed by atoms with van der Waals surface area (Å²) in [5, 5.41) is 10.6. The van der Waals surface area contributed by atoms with Crippen molar-refractivity contribution in [1.82, 2.24) is 19.1 Å². The number of aromatic amines is 1. The molecule has 0 aliphatic carbocycles. The van der Waals surface area contributed by atoms with Gasteiger partial charge in [0.25, 0.3) is 5.56 Å². The molecular formula is C24H24N4O6. The van der Waals surface area contributed by atoms with E-state index >= 15 is 0 Å². The highest BCUT2D eigenvalue weighted by molar-refractivity contribution is 5.91. The smallest absolute Gasteiger partial charge is 0.345 e. The van der Waals surface area contributed by atoms with Crippen molar-refractivity contribution in [3.05, 3.63) is 86.6 Å². The van der Waals surface area contributed by atoms with Crippen molar-refractivity contribution < 1.29 is 19.4 Å². The summed E-state index contributed by atoms with van der Waals surface area (Å²) in [5.41, 5.74) is 0.0754. The van der Waals surface area contributed by atoms with Crippen molar-refractivity contribution >= 4 is 17.1 Å². The van der Waals surface area contributed by atoms with Crippen LogP contribution in [0.2, 0.25) is 0 Å². The number of ether oxygens (including phenoxy) is 2. The molecule has 2 aromatic carbocycles. The molecule has 4 rings (SSSR count). The first kappa shape index (κ1) is 23.0. The lowest BCUT2D eigenvalue weighted by molar-refractivity contribution is 0.0684. The summed E-state index contributed by atoms with van der Waals surface area (Å²) in [4.78, 5) is 43.6. The second kappa shape index (κ2) is 9.75. The maximum atomic E-state index is 12.6. The number of H-pyrrole nitrogens is 1. The Morgan fingerprint density at radius 3 is 2.50 bits per heavy atom. The van der Waals surface area contributed by atoms with Gasteiger partial charge in [0.05, 0.1) is 12.1 Å². The van der Waals surface area contributed by atoms with Crippen molar-refractivity contribution in [1.29, 1.82) is 0 Å². The van der Waals surface area contributed by atoms with Crippen LogP contribution in [-0.2, 0) is 20.0 Å². The van der Waals surface area contributed by atoms with E-state index in [9.17, 15) is 19.5 Å². The Labute approximate surface area is 194 Å². The Hall–Kier alpha value is -4.18. The number of esters is 1. The van der Waals surface area contributed by atoms with E-state index in [1.54, 1.807) is 30.3 Å². The van der Waals surface area contributed by atoms with E-state index in [1.165, 1.54) is 11.6 Å². The molecule has 0 bridgehead atoms. The fourth-order valence-electron chi connectivity index (χ4n) is 3.46. The average Bonchev–Trinajstić information content (AvgIpc) is 3.20. The van der Waals surface area contributed by atoms with Gasteiger partial charge in [-0.15, -0.1) is 0 Å². The molecule has 2 aromatic heterocycles. The molecule has 0 saturated carbocycles. The quantitative estimate of drug-likeness (QED) is 0.379. The van der Waals surface area contributed by atoms with Gasteiger partial charge >= 0.3 is 17.7 Å². The van der Waals surface area contributed by atoms with Crippen LogP contribution in [0, 0.1) is 0 Å². The topological polar surface area (TPSA) is 128 Å². The molecule has 0 fully saturated rings. The number of benzene rings is 2. The zero-order chi connectivity index (χ0) is 24.2. The van der Waals surface area contributed by atoms with Gasteiger partial charge in [-0.25, -0.2) is 9.59 Å². The Morgan fingerprint density at radius 2 is 1.82 bits per heavy atom. The summed E-state index contributed by atoms with van der Waals surface area (Å²) in [5.74, 6) is -0.108. The second-order valence-electron chi connectivity index (χ2n) is 7.71. The molecule has 0 aliphatic heterocycles. The molecule has 10 nitrogen and oxygen atoms in total. The number of rotatable bonds is 8. The fraction of sp³-hybridized carbons (Fsp3) is 0.250. The van der Waals surface area contributed by atoms with Crippen LogP contribution in [0.15, 0.2) is 64.2 Å². The Morgan fingerprint density at radius 1 is 1.12 bits per heavy atom. The molecule has 2 N–H and O–H groups in total. The first-order valence-corrected chi connectivity index (χ1v) is 10.7. The van der Waals surface area contributed by atoms with Crippen LogP contribution in [0.3, 0.4) is 0 Å². The maximum Gasteiger partial charge on any atom is 0.345 e. The number of aromatic nitrogens is 4. The van der Waals surface area contributed by atoms with Crippen LogP contribution in [0.25, 0.3) is 11.2 Å². The Kier molecular flexibility index (Phi) is 6.60. The largest absolute Gasteiger partial charge is 0.491 e. The summed E-state index contributed by atoms with van der Waals surface area (Å²) in [6.45, 7) is 1.80. The highest BCUT2D eigenvalue weighted by Crippen LogP contribution is 2.20. The monoisotopic (exact) mass is 464 g/mol. The van der Waals surface area contributed by atoms with E-state index in [-0.39, 0.29) is 35.9 Å². The summed E-state index contributed by atoms with van der Waals surface area (Å²) in [6.07, 6.45) is -0.174. The minimum absolute atomic E-state index is 0.00990. The van der Waals surface area contributed by atoms with E-state index in [0.717, 1.165) is 16.6 Å². The molecule has 10 heteroatoms. The number of imidazole rings is 1. The van der Waals surface area contributed by atoms with Gasteiger partial charge in [-0.1, -0.05) is 37.3 Å². The molecule has 0 aliphatic rings. The van der Waals surface area contributed by atoms with Gasteiger partial charge in [-0.3, -0.25) is 18.9 Å². The zero-order valence-electron chi connectivity index (χ0n) is 18.7. The van der Waals surface area contributed by atoms with Gasteiger partial charge in [-0.05, 0) is 36.2 Å². The summed E-state index contributed by atoms with van der Waals surface area (Å²) < 4.78 is 13.5.